The molecule has 0 radical (unpaired) electrons. The number of carboxylic acid groups (broad SMARTS) is 1. The zero-order chi connectivity index (χ0) is 17.1. The molecule has 5 unspecified atom stereocenters. The van der Waals surface area contributed by atoms with Crippen molar-refractivity contribution < 1.29 is 9.90 Å². The van der Waals surface area contributed by atoms with Gasteiger partial charge in [0.15, 0.2) is 0 Å². The number of halogens is 1. The fourth-order valence-electron chi connectivity index (χ4n) is 5.72. The Labute approximate surface area is 152 Å². The maximum Gasteiger partial charge on any atom is 0.337 e. The summed E-state index contributed by atoms with van der Waals surface area (Å²) in [5.74, 6) is 1.51. The minimum absolute atomic E-state index is 0.131. The van der Waals surface area contributed by atoms with Crippen LogP contribution in [0.15, 0.2) is 42.5 Å². The summed E-state index contributed by atoms with van der Waals surface area (Å²) in [6.07, 6.45) is 3.83. The molecule has 2 aromatic carbocycles. The van der Waals surface area contributed by atoms with Crippen LogP contribution in [0.4, 0.5) is 5.69 Å². The number of carbonyl (C=O) groups is 1. The molecule has 0 amide bonds. The molecule has 2 bridgehead atoms. The highest BCUT2D eigenvalue weighted by molar-refractivity contribution is 6.30. The van der Waals surface area contributed by atoms with E-state index < -0.39 is 5.97 Å². The van der Waals surface area contributed by atoms with E-state index in [9.17, 15) is 9.90 Å². The minimum atomic E-state index is -0.865. The number of carboxylic acids is 1. The molecule has 2 saturated carbocycles. The molecule has 1 heterocycles. The SMILES string of the molecule is O=C(O)c1cccc2c1NC(c1cccc(Cl)c1)C1C3CCC(C3)C21. The van der Waals surface area contributed by atoms with Gasteiger partial charge in [0.25, 0.3) is 0 Å². The number of fused-ring (bicyclic) bond motifs is 7. The summed E-state index contributed by atoms with van der Waals surface area (Å²) in [5.41, 5.74) is 3.57. The molecule has 2 N–H and O–H groups in total. The molecule has 0 aromatic heterocycles. The van der Waals surface area contributed by atoms with E-state index in [0.717, 1.165) is 10.7 Å². The Balaban J connectivity index is 1.68. The number of aromatic carboxylic acids is 1. The van der Waals surface area contributed by atoms with E-state index in [4.69, 9.17) is 11.6 Å². The summed E-state index contributed by atoms with van der Waals surface area (Å²) in [5, 5.41) is 14.0. The van der Waals surface area contributed by atoms with Gasteiger partial charge in [-0.2, -0.15) is 0 Å². The molecule has 2 fully saturated rings. The predicted octanol–water partition coefficient (Wildman–Crippen LogP) is 5.33. The van der Waals surface area contributed by atoms with Crippen molar-refractivity contribution in [2.24, 2.45) is 17.8 Å². The van der Waals surface area contributed by atoms with E-state index in [1.807, 2.05) is 24.3 Å². The molecule has 3 aliphatic rings. The maximum atomic E-state index is 11.8. The average molecular weight is 354 g/mol. The van der Waals surface area contributed by atoms with E-state index in [-0.39, 0.29) is 6.04 Å². The van der Waals surface area contributed by atoms with Crippen LogP contribution in [0.2, 0.25) is 5.02 Å². The van der Waals surface area contributed by atoms with Gasteiger partial charge in [-0.3, -0.25) is 0 Å². The van der Waals surface area contributed by atoms with Gasteiger partial charge in [0, 0.05) is 5.02 Å². The van der Waals surface area contributed by atoms with Crippen molar-refractivity contribution in [3.63, 3.8) is 0 Å². The lowest BCUT2D eigenvalue weighted by molar-refractivity contribution is 0.0697. The predicted molar refractivity (Wildman–Crippen MR) is 98.3 cm³/mol. The summed E-state index contributed by atoms with van der Waals surface area (Å²) in [4.78, 5) is 11.8. The lowest BCUT2D eigenvalue weighted by Crippen LogP contribution is -2.36. The number of rotatable bonds is 2. The summed E-state index contributed by atoms with van der Waals surface area (Å²) in [6, 6.07) is 13.9. The third-order valence-electron chi connectivity index (χ3n) is 6.56. The van der Waals surface area contributed by atoms with Crippen molar-refractivity contribution in [2.75, 3.05) is 5.32 Å². The monoisotopic (exact) mass is 353 g/mol. The topological polar surface area (TPSA) is 49.3 Å². The van der Waals surface area contributed by atoms with Crippen molar-refractivity contribution in [3.8, 4) is 0 Å². The molecular weight excluding hydrogens is 334 g/mol. The number of benzene rings is 2. The van der Waals surface area contributed by atoms with Crippen molar-refractivity contribution in [1.29, 1.82) is 0 Å². The second-order valence-corrected chi connectivity index (χ2v) is 8.12. The van der Waals surface area contributed by atoms with Gasteiger partial charge in [0.2, 0.25) is 0 Å². The van der Waals surface area contributed by atoms with E-state index in [1.165, 1.54) is 30.4 Å². The summed E-state index contributed by atoms with van der Waals surface area (Å²) >= 11 is 6.25. The van der Waals surface area contributed by atoms with Crippen LogP contribution in [0.1, 0.15) is 52.7 Å². The van der Waals surface area contributed by atoms with E-state index >= 15 is 0 Å². The molecule has 128 valence electrons. The van der Waals surface area contributed by atoms with Crippen LogP contribution in [0, 0.1) is 17.8 Å². The zero-order valence-corrected chi connectivity index (χ0v) is 14.5. The summed E-state index contributed by atoms with van der Waals surface area (Å²) in [6.45, 7) is 0. The average Bonchev–Trinajstić information content (AvgIpc) is 3.22. The molecule has 5 rings (SSSR count). The van der Waals surface area contributed by atoms with Crippen LogP contribution < -0.4 is 5.32 Å². The minimum Gasteiger partial charge on any atom is -0.478 e. The Kier molecular flexibility index (Phi) is 3.36. The highest BCUT2D eigenvalue weighted by Crippen LogP contribution is 2.64. The summed E-state index contributed by atoms with van der Waals surface area (Å²) < 4.78 is 0. The Morgan fingerprint density at radius 2 is 1.92 bits per heavy atom. The zero-order valence-electron chi connectivity index (χ0n) is 13.8. The van der Waals surface area contributed by atoms with Crippen LogP contribution in [-0.4, -0.2) is 11.1 Å². The first-order valence-electron chi connectivity index (χ1n) is 9.01. The van der Waals surface area contributed by atoms with Crippen molar-refractivity contribution >= 4 is 23.3 Å². The normalized spacial score (nSPS) is 32.0. The van der Waals surface area contributed by atoms with Gasteiger partial charge in [-0.05, 0) is 72.3 Å². The summed E-state index contributed by atoms with van der Waals surface area (Å²) in [7, 11) is 0. The van der Waals surface area contributed by atoms with Crippen molar-refractivity contribution in [3.05, 3.63) is 64.2 Å². The quantitative estimate of drug-likeness (QED) is 0.766. The van der Waals surface area contributed by atoms with Crippen LogP contribution in [0.5, 0.6) is 0 Å². The van der Waals surface area contributed by atoms with E-state index in [1.54, 1.807) is 6.07 Å². The van der Waals surface area contributed by atoms with E-state index in [2.05, 4.69) is 17.4 Å². The lowest BCUT2D eigenvalue weighted by atomic mass is 9.67. The van der Waals surface area contributed by atoms with Gasteiger partial charge in [-0.1, -0.05) is 35.9 Å². The first kappa shape index (κ1) is 15.3. The van der Waals surface area contributed by atoms with Crippen LogP contribution in [-0.2, 0) is 0 Å². The van der Waals surface area contributed by atoms with Gasteiger partial charge in [-0.25, -0.2) is 4.79 Å². The van der Waals surface area contributed by atoms with Crippen molar-refractivity contribution in [2.45, 2.75) is 31.2 Å². The number of hydrogen-bond donors (Lipinski definition) is 2. The Hall–Kier alpha value is -2.00. The van der Waals surface area contributed by atoms with Crippen LogP contribution in [0.25, 0.3) is 0 Å². The van der Waals surface area contributed by atoms with Crippen LogP contribution >= 0.6 is 11.6 Å². The highest BCUT2D eigenvalue weighted by atomic mass is 35.5. The highest BCUT2D eigenvalue weighted by Gasteiger charge is 2.54. The van der Waals surface area contributed by atoms with Gasteiger partial charge in [0.1, 0.15) is 0 Å². The molecular formula is C21H20ClNO2. The maximum absolute atomic E-state index is 11.8. The van der Waals surface area contributed by atoms with E-state index in [0.29, 0.717) is 29.2 Å². The third kappa shape index (κ3) is 2.22. The molecule has 2 aromatic rings. The smallest absolute Gasteiger partial charge is 0.337 e. The molecule has 0 saturated heterocycles. The first-order valence-corrected chi connectivity index (χ1v) is 9.39. The molecule has 5 atom stereocenters. The third-order valence-corrected chi connectivity index (χ3v) is 6.79. The molecule has 25 heavy (non-hydrogen) atoms. The largest absolute Gasteiger partial charge is 0.478 e. The van der Waals surface area contributed by atoms with Crippen LogP contribution in [0.3, 0.4) is 0 Å². The Morgan fingerprint density at radius 3 is 2.72 bits per heavy atom. The second kappa shape index (κ2) is 5.50. The fourth-order valence-corrected chi connectivity index (χ4v) is 5.92. The van der Waals surface area contributed by atoms with Gasteiger partial charge >= 0.3 is 5.97 Å². The van der Waals surface area contributed by atoms with Gasteiger partial charge in [-0.15, -0.1) is 0 Å². The number of nitrogens with one attached hydrogen (secondary N) is 1. The standard InChI is InChI=1S/C21H20ClNO2/c22-14-4-1-3-13(10-14)19-18-12-8-7-11(9-12)17(18)15-5-2-6-16(21(24)25)20(15)23-19/h1-6,10-12,17-19,23H,7-9H2,(H,24,25). The second-order valence-electron chi connectivity index (χ2n) is 7.69. The van der Waals surface area contributed by atoms with Gasteiger partial charge in [0.05, 0.1) is 17.3 Å². The molecule has 4 heteroatoms. The fraction of sp³-hybridized carbons (Fsp3) is 0.381. The molecule has 1 aliphatic heterocycles. The molecule has 2 aliphatic carbocycles. The Morgan fingerprint density at radius 1 is 1.12 bits per heavy atom. The molecule has 0 spiro atoms. The number of hydrogen-bond acceptors (Lipinski definition) is 2. The number of para-hydroxylation sites is 1. The molecule has 3 nitrogen and oxygen atoms in total. The van der Waals surface area contributed by atoms with Gasteiger partial charge < -0.3 is 10.4 Å². The Bertz CT molecular complexity index is 865. The van der Waals surface area contributed by atoms with Crippen molar-refractivity contribution in [1.82, 2.24) is 0 Å². The first-order chi connectivity index (χ1) is 12.1. The lowest BCUT2D eigenvalue weighted by Gasteiger charge is -2.44. The number of anilines is 1.